The maximum absolute atomic E-state index is 13.7. The van der Waals surface area contributed by atoms with Gasteiger partial charge in [-0.2, -0.15) is 0 Å². The first-order valence-corrected chi connectivity index (χ1v) is 13.9. The number of Topliss-reactive ketones (excluding diaryl/α,β-unsaturated/α-hetero) is 1. The number of hydrogen-bond donors (Lipinski definition) is 4. The molecule has 36 heavy (non-hydrogen) atoms. The summed E-state index contributed by atoms with van der Waals surface area (Å²) in [6, 6.07) is -2.31. The third-order valence-corrected chi connectivity index (χ3v) is 7.73. The molecule has 12 nitrogen and oxygen atoms in total. The predicted molar refractivity (Wildman–Crippen MR) is 129 cm³/mol. The molecule has 3 fully saturated rings. The Morgan fingerprint density at radius 3 is 2.36 bits per heavy atom. The van der Waals surface area contributed by atoms with Gasteiger partial charge in [-0.15, -0.1) is 0 Å². The number of carbonyl (C=O) groups excluding carboxylic acids is 5. The molecule has 13 heteroatoms. The van der Waals surface area contributed by atoms with Crippen molar-refractivity contribution in [2.24, 2.45) is 5.41 Å². The molecule has 4 N–H and O–H groups in total. The lowest BCUT2D eigenvalue weighted by Gasteiger charge is -2.42. The molecule has 1 heterocycles. The standard InChI is InChI=1S/C23H37N5O7S/c1-23(9-3-2-4-10-23)18(27-22(33)24-11-13-36(34)35)21(32)28-12-5-6-16(28)19(30)25-14-17(29)20(31)26-15-7-8-15/h15-16,18H,2-14H2,1H3,(H,25,30)(H,26,31)(H,34,35)(H2,24,27,33)/p-1. The first-order chi connectivity index (χ1) is 17.1. The van der Waals surface area contributed by atoms with Crippen molar-refractivity contribution in [3.63, 3.8) is 0 Å². The van der Waals surface area contributed by atoms with Gasteiger partial charge in [0.2, 0.25) is 17.6 Å². The molecular weight excluding hydrogens is 490 g/mol. The Bertz CT molecular complexity index is 888. The summed E-state index contributed by atoms with van der Waals surface area (Å²) in [6.45, 7) is 1.75. The lowest BCUT2D eigenvalue weighted by Crippen LogP contribution is -2.60. The van der Waals surface area contributed by atoms with Gasteiger partial charge in [0.1, 0.15) is 12.1 Å². The number of urea groups is 1. The fraction of sp³-hybridized carbons (Fsp3) is 0.783. The van der Waals surface area contributed by atoms with Crippen molar-refractivity contribution in [2.45, 2.75) is 82.8 Å². The minimum atomic E-state index is -2.30. The molecule has 0 radical (unpaired) electrons. The summed E-state index contributed by atoms with van der Waals surface area (Å²) in [5.74, 6) is -2.59. The highest BCUT2D eigenvalue weighted by molar-refractivity contribution is 7.79. The Morgan fingerprint density at radius 1 is 1.03 bits per heavy atom. The van der Waals surface area contributed by atoms with Crippen LogP contribution in [0.1, 0.15) is 64.7 Å². The summed E-state index contributed by atoms with van der Waals surface area (Å²) >= 11 is -2.30. The quantitative estimate of drug-likeness (QED) is 0.206. The minimum Gasteiger partial charge on any atom is -0.772 e. The molecule has 2 aliphatic carbocycles. The van der Waals surface area contributed by atoms with Crippen molar-refractivity contribution in [3.8, 4) is 0 Å². The van der Waals surface area contributed by atoms with Crippen LogP contribution in [0.5, 0.6) is 0 Å². The van der Waals surface area contributed by atoms with Crippen LogP contribution in [0, 0.1) is 5.41 Å². The Hall–Kier alpha value is -2.54. The number of amides is 5. The van der Waals surface area contributed by atoms with Crippen LogP contribution in [0.4, 0.5) is 4.79 Å². The number of ketones is 1. The SMILES string of the molecule is CC1(C(NC(=O)NCCS(=O)[O-])C(=O)N2CCCC2C(=O)NCC(=O)C(=O)NC2CC2)CCCCC1. The average Bonchev–Trinajstić information content (AvgIpc) is 3.51. The van der Waals surface area contributed by atoms with Crippen LogP contribution in [0.25, 0.3) is 0 Å². The highest BCUT2D eigenvalue weighted by atomic mass is 32.2. The van der Waals surface area contributed by atoms with Crippen LogP contribution < -0.4 is 21.3 Å². The van der Waals surface area contributed by atoms with Crippen molar-refractivity contribution in [3.05, 3.63) is 0 Å². The number of nitrogens with one attached hydrogen (secondary N) is 4. The molecule has 3 rings (SSSR count). The van der Waals surface area contributed by atoms with Gasteiger partial charge >= 0.3 is 6.03 Å². The average molecular weight is 527 g/mol. The van der Waals surface area contributed by atoms with E-state index < -0.39 is 58.8 Å². The third-order valence-electron chi connectivity index (χ3n) is 7.20. The maximum Gasteiger partial charge on any atom is 0.315 e. The van der Waals surface area contributed by atoms with Crippen LogP contribution in [0.3, 0.4) is 0 Å². The number of rotatable bonds is 11. The summed E-state index contributed by atoms with van der Waals surface area (Å²) in [5.41, 5.74) is -0.519. The fourth-order valence-electron chi connectivity index (χ4n) is 4.94. The lowest BCUT2D eigenvalue weighted by molar-refractivity contribution is -0.143. The fourth-order valence-corrected chi connectivity index (χ4v) is 5.21. The highest BCUT2D eigenvalue weighted by Crippen LogP contribution is 2.40. The molecule has 5 amide bonds. The number of nitrogens with zero attached hydrogens (tertiary/aromatic N) is 1. The van der Waals surface area contributed by atoms with E-state index in [0.717, 1.165) is 44.9 Å². The van der Waals surface area contributed by atoms with E-state index in [2.05, 4.69) is 21.3 Å². The molecule has 202 valence electrons. The van der Waals surface area contributed by atoms with Gasteiger partial charge in [0.25, 0.3) is 5.91 Å². The molecule has 0 aromatic carbocycles. The van der Waals surface area contributed by atoms with Gasteiger partial charge in [-0.3, -0.25) is 23.4 Å². The molecule has 1 aliphatic heterocycles. The summed E-state index contributed by atoms with van der Waals surface area (Å²) < 4.78 is 21.5. The van der Waals surface area contributed by atoms with Crippen molar-refractivity contribution >= 4 is 40.6 Å². The predicted octanol–water partition coefficient (Wildman–Crippen LogP) is -0.541. The number of likely N-dealkylation sites (tertiary alicyclic amines) is 1. The number of carbonyl (C=O) groups is 5. The van der Waals surface area contributed by atoms with Crippen LogP contribution in [0.15, 0.2) is 0 Å². The largest absolute Gasteiger partial charge is 0.772 e. The molecule has 2 saturated carbocycles. The second kappa shape index (κ2) is 12.6. The van der Waals surface area contributed by atoms with Gasteiger partial charge in [-0.25, -0.2) is 4.79 Å². The maximum atomic E-state index is 13.7. The summed E-state index contributed by atoms with van der Waals surface area (Å²) in [5, 5.41) is 10.3. The zero-order valence-corrected chi connectivity index (χ0v) is 21.5. The normalized spacial score (nSPS) is 22.7. The molecule has 3 aliphatic rings. The molecular formula is C23H36N5O7S-. The topological polar surface area (TPSA) is 177 Å². The number of hydrogen-bond acceptors (Lipinski definition) is 7. The second-order valence-corrected chi connectivity index (χ2v) is 11.1. The summed E-state index contributed by atoms with van der Waals surface area (Å²) in [6.07, 6.45) is 6.99. The first kappa shape index (κ1) is 28.0. The van der Waals surface area contributed by atoms with Crippen molar-refractivity contribution < 1.29 is 32.7 Å². The van der Waals surface area contributed by atoms with Gasteiger partial charge in [-0.05, 0) is 43.9 Å². The minimum absolute atomic E-state index is 0.0327. The molecule has 0 spiro atoms. The van der Waals surface area contributed by atoms with E-state index >= 15 is 0 Å². The zero-order valence-electron chi connectivity index (χ0n) is 20.6. The Morgan fingerprint density at radius 2 is 1.72 bits per heavy atom. The van der Waals surface area contributed by atoms with Crippen molar-refractivity contribution in [1.29, 1.82) is 0 Å². The van der Waals surface area contributed by atoms with E-state index in [0.29, 0.717) is 19.4 Å². The Kier molecular flexibility index (Phi) is 9.83. The van der Waals surface area contributed by atoms with Crippen molar-refractivity contribution in [1.82, 2.24) is 26.2 Å². The zero-order chi connectivity index (χ0) is 26.3. The van der Waals surface area contributed by atoms with Crippen LogP contribution in [0.2, 0.25) is 0 Å². The molecule has 0 aromatic heterocycles. The van der Waals surface area contributed by atoms with Gasteiger partial charge in [0.05, 0.1) is 6.54 Å². The smallest absolute Gasteiger partial charge is 0.315 e. The first-order valence-electron chi connectivity index (χ1n) is 12.6. The second-order valence-electron chi connectivity index (χ2n) is 10.1. The molecule has 0 aromatic rings. The lowest BCUT2D eigenvalue weighted by atomic mass is 9.70. The van der Waals surface area contributed by atoms with E-state index in [1.165, 1.54) is 4.90 Å². The van der Waals surface area contributed by atoms with Crippen LogP contribution >= 0.6 is 0 Å². The van der Waals surface area contributed by atoms with Crippen LogP contribution in [-0.2, 0) is 30.3 Å². The van der Waals surface area contributed by atoms with E-state index in [-0.39, 0.29) is 24.2 Å². The van der Waals surface area contributed by atoms with Crippen LogP contribution in [-0.4, -0.2) is 86.7 Å². The van der Waals surface area contributed by atoms with E-state index in [9.17, 15) is 32.7 Å². The molecule has 1 saturated heterocycles. The van der Waals surface area contributed by atoms with Gasteiger partial charge in [0.15, 0.2) is 0 Å². The van der Waals surface area contributed by atoms with Gasteiger partial charge < -0.3 is 30.7 Å². The van der Waals surface area contributed by atoms with E-state index in [1.54, 1.807) is 0 Å². The third kappa shape index (κ3) is 7.73. The molecule has 3 unspecified atom stereocenters. The van der Waals surface area contributed by atoms with Crippen molar-refractivity contribution in [2.75, 3.05) is 25.4 Å². The Labute approximate surface area is 213 Å². The van der Waals surface area contributed by atoms with E-state index in [4.69, 9.17) is 0 Å². The summed E-state index contributed by atoms with van der Waals surface area (Å²) in [4.78, 5) is 64.5. The molecule has 0 bridgehead atoms. The van der Waals surface area contributed by atoms with Gasteiger partial charge in [0, 0.05) is 24.9 Å². The van der Waals surface area contributed by atoms with Gasteiger partial charge in [-0.1, -0.05) is 37.3 Å². The summed E-state index contributed by atoms with van der Waals surface area (Å²) in [7, 11) is 0. The monoisotopic (exact) mass is 526 g/mol. The molecule has 3 atom stereocenters. The van der Waals surface area contributed by atoms with E-state index in [1.807, 2.05) is 6.92 Å². The Balaban J connectivity index is 1.64. The highest BCUT2D eigenvalue weighted by Gasteiger charge is 2.46.